The molecule has 0 atom stereocenters. The third-order valence-electron chi connectivity index (χ3n) is 2.60. The predicted molar refractivity (Wildman–Crippen MR) is 76.8 cm³/mol. The predicted octanol–water partition coefficient (Wildman–Crippen LogP) is 3.45. The number of carbonyl (C=O) groups excluding carboxylic acids is 1. The fourth-order valence-corrected chi connectivity index (χ4v) is 2.06. The van der Waals surface area contributed by atoms with Crippen LogP contribution in [0.2, 0.25) is 0 Å². The van der Waals surface area contributed by atoms with Gasteiger partial charge in [-0.05, 0) is 46.3 Å². The highest BCUT2D eigenvalue weighted by Crippen LogP contribution is 2.29. The number of aromatic hydroxyl groups is 1. The number of hydrogen-bond donors (Lipinski definition) is 2. The molecule has 0 bridgehead atoms. The number of anilines is 1. The zero-order valence-corrected chi connectivity index (χ0v) is 11.9. The Hall–Kier alpha value is -2.48. The first-order valence-electron chi connectivity index (χ1n) is 5.62. The van der Waals surface area contributed by atoms with Crippen LogP contribution in [0.3, 0.4) is 0 Å². The largest absolute Gasteiger partial charge is 0.508 e. The Bertz CT molecular complexity index is 736. The van der Waals surface area contributed by atoms with Gasteiger partial charge in [0.1, 0.15) is 17.3 Å². The van der Waals surface area contributed by atoms with Crippen molar-refractivity contribution in [1.29, 1.82) is 0 Å². The number of nitro groups is 1. The van der Waals surface area contributed by atoms with Gasteiger partial charge in [0, 0.05) is 4.47 Å². The molecule has 0 aliphatic rings. The Morgan fingerprint density at radius 1 is 1.29 bits per heavy atom. The van der Waals surface area contributed by atoms with Crippen LogP contribution in [0.15, 0.2) is 40.9 Å². The van der Waals surface area contributed by atoms with E-state index in [0.29, 0.717) is 4.47 Å². The van der Waals surface area contributed by atoms with E-state index in [4.69, 9.17) is 0 Å². The summed E-state index contributed by atoms with van der Waals surface area (Å²) in [6.45, 7) is 0. The van der Waals surface area contributed by atoms with E-state index in [-0.39, 0.29) is 17.0 Å². The molecule has 1 amide bonds. The van der Waals surface area contributed by atoms with Gasteiger partial charge in [-0.25, -0.2) is 4.39 Å². The maximum Gasteiger partial charge on any atom is 0.296 e. The van der Waals surface area contributed by atoms with E-state index in [9.17, 15) is 24.4 Å². The van der Waals surface area contributed by atoms with Gasteiger partial charge in [-0.3, -0.25) is 14.9 Å². The molecule has 108 valence electrons. The minimum Gasteiger partial charge on any atom is -0.508 e. The molecule has 2 rings (SSSR count). The van der Waals surface area contributed by atoms with Crippen molar-refractivity contribution >= 4 is 33.2 Å². The van der Waals surface area contributed by atoms with Crippen molar-refractivity contribution in [3.05, 3.63) is 62.4 Å². The topological polar surface area (TPSA) is 92.5 Å². The van der Waals surface area contributed by atoms with Crippen molar-refractivity contribution in [1.82, 2.24) is 0 Å². The van der Waals surface area contributed by atoms with Crippen LogP contribution in [0.1, 0.15) is 10.4 Å². The maximum absolute atomic E-state index is 13.2. The summed E-state index contributed by atoms with van der Waals surface area (Å²) in [4.78, 5) is 22.2. The molecule has 0 aliphatic carbocycles. The minimum atomic E-state index is -0.740. The molecule has 0 spiro atoms. The van der Waals surface area contributed by atoms with Crippen LogP contribution in [0.25, 0.3) is 0 Å². The first-order valence-corrected chi connectivity index (χ1v) is 6.41. The summed E-state index contributed by atoms with van der Waals surface area (Å²) < 4.78 is 13.5. The van der Waals surface area contributed by atoms with Gasteiger partial charge in [-0.15, -0.1) is 0 Å². The number of nitrogens with one attached hydrogen (secondary N) is 1. The van der Waals surface area contributed by atoms with Crippen LogP contribution in [0.4, 0.5) is 15.8 Å². The Balaban J connectivity index is 2.36. The number of benzene rings is 2. The van der Waals surface area contributed by atoms with Crippen LogP contribution in [0.5, 0.6) is 5.75 Å². The first kappa shape index (κ1) is 14.9. The zero-order chi connectivity index (χ0) is 15.6. The Morgan fingerprint density at radius 3 is 2.67 bits per heavy atom. The van der Waals surface area contributed by atoms with Gasteiger partial charge in [0.25, 0.3) is 11.6 Å². The molecular formula is C13H8BrFN2O4. The van der Waals surface area contributed by atoms with Crippen LogP contribution < -0.4 is 5.32 Å². The summed E-state index contributed by atoms with van der Waals surface area (Å²) in [6, 6.07) is 6.84. The summed E-state index contributed by atoms with van der Waals surface area (Å²) >= 11 is 3.10. The minimum absolute atomic E-state index is 0.00243. The maximum atomic E-state index is 13.2. The van der Waals surface area contributed by atoms with E-state index in [1.54, 1.807) is 0 Å². The highest BCUT2D eigenvalue weighted by atomic mass is 79.9. The average molecular weight is 355 g/mol. The van der Waals surface area contributed by atoms with Gasteiger partial charge < -0.3 is 10.4 Å². The molecule has 0 unspecified atom stereocenters. The van der Waals surface area contributed by atoms with Crippen molar-refractivity contribution in [2.24, 2.45) is 0 Å². The average Bonchev–Trinajstić information content (AvgIpc) is 2.43. The van der Waals surface area contributed by atoms with E-state index >= 15 is 0 Å². The summed E-state index contributed by atoms with van der Waals surface area (Å²) in [5.41, 5.74) is -0.563. The van der Waals surface area contributed by atoms with Gasteiger partial charge in [0.05, 0.1) is 16.6 Å². The number of nitro benzene ring substituents is 1. The van der Waals surface area contributed by atoms with Gasteiger partial charge >= 0.3 is 0 Å². The number of rotatable bonds is 3. The molecule has 0 aromatic heterocycles. The fourth-order valence-electron chi connectivity index (χ4n) is 1.64. The van der Waals surface area contributed by atoms with E-state index in [1.807, 2.05) is 0 Å². The lowest BCUT2D eigenvalue weighted by Crippen LogP contribution is -2.14. The highest BCUT2D eigenvalue weighted by molar-refractivity contribution is 9.10. The molecule has 0 saturated carbocycles. The number of carbonyl (C=O) groups is 1. The Labute approximate surface area is 126 Å². The number of phenolic OH excluding ortho intramolecular Hbond substituents is 1. The highest BCUT2D eigenvalue weighted by Gasteiger charge is 2.19. The SMILES string of the molecule is O=C(Nc1ccc(O)cc1[N+](=O)[O-])c1cc(F)ccc1Br. The Kier molecular flexibility index (Phi) is 4.18. The van der Waals surface area contributed by atoms with E-state index in [0.717, 1.165) is 12.1 Å². The van der Waals surface area contributed by atoms with Gasteiger partial charge in [-0.1, -0.05) is 0 Å². The first-order chi connectivity index (χ1) is 9.88. The molecule has 2 N–H and O–H groups in total. The molecule has 0 saturated heterocycles. The number of amides is 1. The molecule has 0 aliphatic heterocycles. The summed E-state index contributed by atoms with van der Waals surface area (Å²) in [6.07, 6.45) is 0. The molecule has 6 nitrogen and oxygen atoms in total. The third-order valence-corrected chi connectivity index (χ3v) is 3.29. The number of phenols is 1. The molecule has 2 aromatic carbocycles. The van der Waals surface area contributed by atoms with Crippen molar-refractivity contribution in [3.8, 4) is 5.75 Å². The van der Waals surface area contributed by atoms with Crippen molar-refractivity contribution in [2.75, 3.05) is 5.32 Å². The van der Waals surface area contributed by atoms with Crippen molar-refractivity contribution in [3.63, 3.8) is 0 Å². The molecule has 21 heavy (non-hydrogen) atoms. The number of halogens is 2. The zero-order valence-electron chi connectivity index (χ0n) is 10.3. The van der Waals surface area contributed by atoms with Gasteiger partial charge in [0.15, 0.2) is 0 Å². The second-order valence-corrected chi connectivity index (χ2v) is 4.89. The molecular weight excluding hydrogens is 347 g/mol. The van der Waals surface area contributed by atoms with E-state index in [2.05, 4.69) is 21.2 Å². The quantitative estimate of drug-likeness (QED) is 0.501. The lowest BCUT2D eigenvalue weighted by Gasteiger charge is -2.08. The summed E-state index contributed by atoms with van der Waals surface area (Å²) in [7, 11) is 0. The van der Waals surface area contributed by atoms with E-state index in [1.165, 1.54) is 24.3 Å². The van der Waals surface area contributed by atoms with E-state index < -0.39 is 22.3 Å². The van der Waals surface area contributed by atoms with Crippen LogP contribution >= 0.6 is 15.9 Å². The number of nitrogens with zero attached hydrogens (tertiary/aromatic N) is 1. The number of hydrogen-bond acceptors (Lipinski definition) is 4. The second kappa shape index (κ2) is 5.88. The smallest absolute Gasteiger partial charge is 0.296 e. The van der Waals surface area contributed by atoms with Gasteiger partial charge in [0.2, 0.25) is 0 Å². The van der Waals surface area contributed by atoms with Gasteiger partial charge in [-0.2, -0.15) is 0 Å². The van der Waals surface area contributed by atoms with Crippen LogP contribution in [0, 0.1) is 15.9 Å². The summed E-state index contributed by atoms with van der Waals surface area (Å²) in [5.74, 6) is -1.62. The normalized spacial score (nSPS) is 10.2. The molecule has 0 fully saturated rings. The van der Waals surface area contributed by atoms with Crippen LogP contribution in [-0.4, -0.2) is 15.9 Å². The molecule has 2 aromatic rings. The van der Waals surface area contributed by atoms with Crippen LogP contribution in [-0.2, 0) is 0 Å². The molecule has 0 heterocycles. The standard InChI is InChI=1S/C13H8BrFN2O4/c14-10-3-1-7(15)5-9(10)13(19)16-11-4-2-8(18)6-12(11)17(20)21/h1-6,18H,(H,16,19). The fraction of sp³-hybridized carbons (Fsp3) is 0. The molecule has 0 radical (unpaired) electrons. The molecule has 8 heteroatoms. The third kappa shape index (κ3) is 3.34. The van der Waals surface area contributed by atoms with Crippen molar-refractivity contribution < 1.29 is 19.2 Å². The lowest BCUT2D eigenvalue weighted by molar-refractivity contribution is -0.384. The Morgan fingerprint density at radius 2 is 2.00 bits per heavy atom. The monoisotopic (exact) mass is 354 g/mol. The van der Waals surface area contributed by atoms with Crippen molar-refractivity contribution in [2.45, 2.75) is 0 Å². The summed E-state index contributed by atoms with van der Waals surface area (Å²) in [5, 5.41) is 22.4. The second-order valence-electron chi connectivity index (χ2n) is 4.04. The lowest BCUT2D eigenvalue weighted by atomic mass is 10.2.